The largest absolute Gasteiger partial charge is 0.493 e. The number of benzene rings is 3. The van der Waals surface area contributed by atoms with Crippen molar-refractivity contribution < 1.29 is 28.5 Å². The van der Waals surface area contributed by atoms with Crippen LogP contribution < -0.4 is 14.2 Å². The molecule has 7 nitrogen and oxygen atoms in total. The predicted octanol–water partition coefficient (Wildman–Crippen LogP) is 5.35. The monoisotopic (exact) mass is 509 g/mol. The molecule has 3 aromatic carbocycles. The SMILES string of the molecule is CCOC(=O)c1ccc(OC[C@H]2c3cc(OC)c(OC)cc3CCN2C(=O)c2ccc(Cl)cc2)cc1. The van der Waals surface area contributed by atoms with Gasteiger partial charge < -0.3 is 23.8 Å². The van der Waals surface area contributed by atoms with E-state index in [1.165, 1.54) is 0 Å². The Morgan fingerprint density at radius 2 is 1.58 bits per heavy atom. The van der Waals surface area contributed by atoms with E-state index in [1.807, 2.05) is 17.0 Å². The molecular weight excluding hydrogens is 482 g/mol. The van der Waals surface area contributed by atoms with Gasteiger partial charge in [-0.2, -0.15) is 0 Å². The molecule has 0 fully saturated rings. The molecule has 1 aliphatic heterocycles. The summed E-state index contributed by atoms with van der Waals surface area (Å²) in [6.45, 7) is 2.79. The van der Waals surface area contributed by atoms with Crippen molar-refractivity contribution in [1.82, 2.24) is 4.90 Å². The average Bonchev–Trinajstić information content (AvgIpc) is 2.91. The summed E-state index contributed by atoms with van der Waals surface area (Å²) in [6.07, 6.45) is 0.666. The second-order valence-electron chi connectivity index (χ2n) is 8.23. The van der Waals surface area contributed by atoms with Crippen LogP contribution in [0.3, 0.4) is 0 Å². The van der Waals surface area contributed by atoms with E-state index in [2.05, 4.69) is 0 Å². The standard InChI is InChI=1S/C28H28ClNO6/c1-4-35-28(32)19-7-11-22(12-8-19)36-17-24-23-16-26(34-3)25(33-2)15-20(23)13-14-30(24)27(31)18-5-9-21(29)10-6-18/h5-12,15-16,24H,4,13-14,17H2,1-3H3/t24-/m0/s1. The van der Waals surface area contributed by atoms with E-state index < -0.39 is 0 Å². The highest BCUT2D eigenvalue weighted by Gasteiger charge is 2.33. The van der Waals surface area contributed by atoms with Crippen molar-refractivity contribution in [1.29, 1.82) is 0 Å². The number of hydrogen-bond acceptors (Lipinski definition) is 6. The molecule has 0 bridgehead atoms. The Hall–Kier alpha value is -3.71. The third-order valence-electron chi connectivity index (χ3n) is 6.13. The first kappa shape index (κ1) is 25.4. The zero-order chi connectivity index (χ0) is 25.7. The van der Waals surface area contributed by atoms with Crippen LogP contribution in [-0.2, 0) is 11.2 Å². The fraction of sp³-hybridized carbons (Fsp3) is 0.286. The zero-order valence-electron chi connectivity index (χ0n) is 20.5. The first-order valence-electron chi connectivity index (χ1n) is 11.7. The maximum Gasteiger partial charge on any atom is 0.338 e. The van der Waals surface area contributed by atoms with Crippen LogP contribution in [0.1, 0.15) is 44.8 Å². The molecule has 0 spiro atoms. The van der Waals surface area contributed by atoms with Gasteiger partial charge in [-0.25, -0.2) is 4.79 Å². The second kappa shape index (κ2) is 11.4. The maximum absolute atomic E-state index is 13.5. The number of amides is 1. The Labute approximate surface area is 215 Å². The molecule has 0 aromatic heterocycles. The van der Waals surface area contributed by atoms with Crippen molar-refractivity contribution in [2.75, 3.05) is 34.0 Å². The van der Waals surface area contributed by atoms with Gasteiger partial charge in [0.25, 0.3) is 5.91 Å². The number of nitrogens with zero attached hydrogens (tertiary/aromatic N) is 1. The van der Waals surface area contributed by atoms with Crippen LogP contribution in [0.4, 0.5) is 0 Å². The Kier molecular flexibility index (Phi) is 8.00. The van der Waals surface area contributed by atoms with Crippen LogP contribution >= 0.6 is 11.6 Å². The Morgan fingerprint density at radius 3 is 2.22 bits per heavy atom. The third kappa shape index (κ3) is 5.41. The van der Waals surface area contributed by atoms with Crippen LogP contribution in [0.15, 0.2) is 60.7 Å². The lowest BCUT2D eigenvalue weighted by molar-refractivity contribution is 0.0524. The minimum atomic E-state index is -0.383. The van der Waals surface area contributed by atoms with Crippen LogP contribution in [0.5, 0.6) is 17.2 Å². The molecule has 188 valence electrons. The van der Waals surface area contributed by atoms with Gasteiger partial charge in [0.15, 0.2) is 11.5 Å². The number of carbonyl (C=O) groups is 2. The lowest BCUT2D eigenvalue weighted by Crippen LogP contribution is -2.42. The number of hydrogen-bond donors (Lipinski definition) is 0. The summed E-state index contributed by atoms with van der Waals surface area (Å²) in [6, 6.07) is 17.1. The Morgan fingerprint density at radius 1 is 0.944 bits per heavy atom. The third-order valence-corrected chi connectivity index (χ3v) is 6.38. The molecule has 0 radical (unpaired) electrons. The molecule has 1 aliphatic rings. The smallest absolute Gasteiger partial charge is 0.338 e. The Balaban J connectivity index is 1.63. The molecular formula is C28H28ClNO6. The quantitative estimate of drug-likeness (QED) is 0.381. The van der Waals surface area contributed by atoms with Gasteiger partial charge in [-0.05, 0) is 85.1 Å². The molecule has 8 heteroatoms. The molecule has 1 atom stereocenters. The summed E-state index contributed by atoms with van der Waals surface area (Å²) < 4.78 is 22.2. The number of methoxy groups -OCH3 is 2. The predicted molar refractivity (Wildman–Crippen MR) is 136 cm³/mol. The molecule has 3 aromatic rings. The van der Waals surface area contributed by atoms with E-state index in [4.69, 9.17) is 30.5 Å². The topological polar surface area (TPSA) is 74.3 Å². The molecule has 0 aliphatic carbocycles. The average molecular weight is 510 g/mol. The first-order valence-corrected chi connectivity index (χ1v) is 12.0. The van der Waals surface area contributed by atoms with Gasteiger partial charge >= 0.3 is 5.97 Å². The first-order chi connectivity index (χ1) is 17.4. The normalized spacial score (nSPS) is 14.6. The molecule has 36 heavy (non-hydrogen) atoms. The minimum absolute atomic E-state index is 0.113. The molecule has 4 rings (SSSR count). The summed E-state index contributed by atoms with van der Waals surface area (Å²) in [5.41, 5.74) is 3.00. The van der Waals surface area contributed by atoms with Crippen molar-refractivity contribution in [3.63, 3.8) is 0 Å². The molecule has 0 unspecified atom stereocenters. The fourth-order valence-electron chi connectivity index (χ4n) is 4.29. The van der Waals surface area contributed by atoms with E-state index in [0.717, 1.165) is 11.1 Å². The number of halogens is 1. The molecule has 1 amide bonds. The lowest BCUT2D eigenvalue weighted by atomic mass is 9.91. The van der Waals surface area contributed by atoms with Crippen molar-refractivity contribution in [3.05, 3.63) is 87.9 Å². The van der Waals surface area contributed by atoms with Gasteiger partial charge in [0.1, 0.15) is 12.4 Å². The minimum Gasteiger partial charge on any atom is -0.493 e. The van der Waals surface area contributed by atoms with Gasteiger partial charge in [-0.1, -0.05) is 11.6 Å². The highest BCUT2D eigenvalue weighted by atomic mass is 35.5. The maximum atomic E-state index is 13.5. The van der Waals surface area contributed by atoms with Gasteiger partial charge in [0, 0.05) is 17.1 Å². The molecule has 0 saturated heterocycles. The number of rotatable bonds is 8. The fourth-order valence-corrected chi connectivity index (χ4v) is 4.41. The van der Waals surface area contributed by atoms with E-state index in [9.17, 15) is 9.59 Å². The highest BCUT2D eigenvalue weighted by molar-refractivity contribution is 6.30. The van der Waals surface area contributed by atoms with Crippen LogP contribution in [0, 0.1) is 0 Å². The van der Waals surface area contributed by atoms with Gasteiger partial charge in [0.2, 0.25) is 0 Å². The van der Waals surface area contributed by atoms with Crippen molar-refractivity contribution in [3.8, 4) is 17.2 Å². The zero-order valence-corrected chi connectivity index (χ0v) is 21.2. The van der Waals surface area contributed by atoms with E-state index in [-0.39, 0.29) is 24.5 Å². The second-order valence-corrected chi connectivity index (χ2v) is 8.67. The van der Waals surface area contributed by atoms with E-state index >= 15 is 0 Å². The summed E-state index contributed by atoms with van der Waals surface area (Å²) in [4.78, 5) is 27.3. The van der Waals surface area contributed by atoms with Crippen molar-refractivity contribution in [2.45, 2.75) is 19.4 Å². The van der Waals surface area contributed by atoms with Crippen LogP contribution in [0.2, 0.25) is 5.02 Å². The van der Waals surface area contributed by atoms with Crippen molar-refractivity contribution in [2.24, 2.45) is 0 Å². The van der Waals surface area contributed by atoms with Gasteiger partial charge in [-0.3, -0.25) is 4.79 Å². The molecule has 0 N–H and O–H groups in total. The lowest BCUT2D eigenvalue weighted by Gasteiger charge is -2.37. The number of fused-ring (bicyclic) bond motifs is 1. The number of carbonyl (C=O) groups excluding carboxylic acids is 2. The molecule has 1 heterocycles. The molecule has 0 saturated carbocycles. The summed E-state index contributed by atoms with van der Waals surface area (Å²) in [5, 5.41) is 0.568. The summed E-state index contributed by atoms with van der Waals surface area (Å²) in [5.74, 6) is 1.31. The van der Waals surface area contributed by atoms with Crippen molar-refractivity contribution >= 4 is 23.5 Å². The van der Waals surface area contributed by atoms with Gasteiger partial charge in [0.05, 0.1) is 32.4 Å². The highest BCUT2D eigenvalue weighted by Crippen LogP contribution is 2.39. The summed E-state index contributed by atoms with van der Waals surface area (Å²) in [7, 11) is 3.18. The van der Waals surface area contributed by atoms with E-state index in [0.29, 0.717) is 53.0 Å². The number of ether oxygens (including phenoxy) is 4. The van der Waals surface area contributed by atoms with E-state index in [1.54, 1.807) is 69.7 Å². The number of esters is 1. The van der Waals surface area contributed by atoms with Crippen LogP contribution in [-0.4, -0.2) is 50.8 Å². The Bertz CT molecular complexity index is 1230. The van der Waals surface area contributed by atoms with Crippen LogP contribution in [0.25, 0.3) is 0 Å². The van der Waals surface area contributed by atoms with Gasteiger partial charge in [-0.15, -0.1) is 0 Å². The summed E-state index contributed by atoms with van der Waals surface area (Å²) >= 11 is 6.03.